The molecule has 0 unspecified atom stereocenters. The highest BCUT2D eigenvalue weighted by molar-refractivity contribution is 7.92. The summed E-state index contributed by atoms with van der Waals surface area (Å²) in [6, 6.07) is 28.5. The summed E-state index contributed by atoms with van der Waals surface area (Å²) in [4.78, 5) is 25.0. The second kappa shape index (κ2) is 15.6. The smallest absolute Gasteiger partial charge is 0.264 e. The monoisotopic (exact) mass is 634 g/mol. The Bertz CT molecular complexity index is 1680. The Labute approximate surface area is 261 Å². The molecule has 0 heterocycles. The fraction of sp³-hybridized carbons (Fsp3) is 0.156. The molecule has 0 saturated heterocycles. The normalized spacial score (nSPS) is 11.1. The van der Waals surface area contributed by atoms with Crippen LogP contribution in [0.25, 0.3) is 0 Å². The molecule has 0 fully saturated rings. The molecule has 12 heteroatoms. The SMILES string of the molecule is CCOc1ccccc1N(CC(=O)N/N=C\c1ccc(OCC(=O)NCc2ccccc2)cc1)S(=O)(=O)c1ccc(Cl)cc1. The number of sulfonamides is 1. The third-order valence-electron chi connectivity index (χ3n) is 6.11. The molecule has 0 aliphatic rings. The summed E-state index contributed by atoms with van der Waals surface area (Å²) in [7, 11) is -4.18. The van der Waals surface area contributed by atoms with Gasteiger partial charge in [0, 0.05) is 11.6 Å². The highest BCUT2D eigenvalue weighted by Crippen LogP contribution is 2.32. The Kier molecular flexibility index (Phi) is 11.3. The maximum atomic E-state index is 13.6. The summed E-state index contributed by atoms with van der Waals surface area (Å²) >= 11 is 5.95. The summed E-state index contributed by atoms with van der Waals surface area (Å²) in [6.07, 6.45) is 1.40. The number of amides is 2. The Hall–Kier alpha value is -4.87. The number of para-hydroxylation sites is 2. The largest absolute Gasteiger partial charge is 0.492 e. The van der Waals surface area contributed by atoms with Crippen molar-refractivity contribution in [2.75, 3.05) is 24.1 Å². The Morgan fingerprint density at radius 1 is 0.864 bits per heavy atom. The van der Waals surface area contributed by atoms with Crippen molar-refractivity contribution < 1.29 is 27.5 Å². The van der Waals surface area contributed by atoms with Crippen molar-refractivity contribution in [3.05, 3.63) is 119 Å². The van der Waals surface area contributed by atoms with Crippen LogP contribution in [0, 0.1) is 0 Å². The molecule has 0 bridgehead atoms. The molecule has 0 spiro atoms. The van der Waals surface area contributed by atoms with Crippen molar-refractivity contribution in [2.45, 2.75) is 18.4 Å². The first kappa shape index (κ1) is 32.1. The van der Waals surface area contributed by atoms with Crippen LogP contribution in [-0.4, -0.2) is 46.2 Å². The molecule has 4 aromatic rings. The molecule has 2 amide bonds. The minimum atomic E-state index is -4.18. The van der Waals surface area contributed by atoms with Crippen LogP contribution in [0.4, 0.5) is 5.69 Å². The van der Waals surface area contributed by atoms with Crippen LogP contribution in [0.2, 0.25) is 5.02 Å². The third-order valence-corrected chi connectivity index (χ3v) is 8.13. The number of carbonyl (C=O) groups excluding carboxylic acids is 2. The van der Waals surface area contributed by atoms with E-state index >= 15 is 0 Å². The van der Waals surface area contributed by atoms with E-state index in [1.165, 1.54) is 30.5 Å². The van der Waals surface area contributed by atoms with Crippen LogP contribution in [0.5, 0.6) is 11.5 Å². The standard InChI is InChI=1S/C32H31ClN4O6S/c1-2-42-30-11-7-6-10-29(30)37(44(40,41)28-18-14-26(33)15-19-28)22-31(38)36-35-21-25-12-16-27(17-13-25)43-23-32(39)34-20-24-8-4-3-5-9-24/h3-19,21H,2,20,22-23H2,1H3,(H,34,39)(H,36,38)/b35-21-. The lowest BCUT2D eigenvalue weighted by Crippen LogP contribution is -2.39. The van der Waals surface area contributed by atoms with E-state index in [0.29, 0.717) is 35.2 Å². The predicted molar refractivity (Wildman–Crippen MR) is 170 cm³/mol. The van der Waals surface area contributed by atoms with E-state index in [1.54, 1.807) is 55.5 Å². The first-order valence-electron chi connectivity index (χ1n) is 13.6. The van der Waals surface area contributed by atoms with Crippen LogP contribution in [0.1, 0.15) is 18.1 Å². The van der Waals surface area contributed by atoms with Gasteiger partial charge < -0.3 is 14.8 Å². The number of benzene rings is 4. The summed E-state index contributed by atoms with van der Waals surface area (Å²) < 4.78 is 39.4. The van der Waals surface area contributed by atoms with Gasteiger partial charge in [0.1, 0.15) is 18.0 Å². The number of nitrogens with one attached hydrogen (secondary N) is 2. The van der Waals surface area contributed by atoms with Crippen molar-refractivity contribution in [1.82, 2.24) is 10.7 Å². The van der Waals surface area contributed by atoms with Gasteiger partial charge in [0.2, 0.25) is 0 Å². The molecule has 4 rings (SSSR count). The molecule has 4 aromatic carbocycles. The van der Waals surface area contributed by atoms with Crippen molar-refractivity contribution in [1.29, 1.82) is 0 Å². The molecule has 0 atom stereocenters. The van der Waals surface area contributed by atoms with Gasteiger partial charge in [0.05, 0.1) is 23.4 Å². The first-order valence-corrected chi connectivity index (χ1v) is 15.4. The Balaban J connectivity index is 1.36. The zero-order chi connectivity index (χ0) is 31.4. The molecular formula is C32H31ClN4O6S. The molecule has 44 heavy (non-hydrogen) atoms. The molecule has 228 valence electrons. The van der Waals surface area contributed by atoms with Crippen molar-refractivity contribution in [2.24, 2.45) is 5.10 Å². The third kappa shape index (κ3) is 9.06. The van der Waals surface area contributed by atoms with Gasteiger partial charge in [-0.2, -0.15) is 5.10 Å². The van der Waals surface area contributed by atoms with Gasteiger partial charge in [-0.05, 0) is 78.7 Å². The predicted octanol–water partition coefficient (Wildman–Crippen LogP) is 4.78. The van der Waals surface area contributed by atoms with Crippen LogP contribution >= 0.6 is 11.6 Å². The van der Waals surface area contributed by atoms with Crippen LogP contribution in [-0.2, 0) is 26.2 Å². The molecule has 0 aliphatic carbocycles. The average molecular weight is 635 g/mol. The highest BCUT2D eigenvalue weighted by Gasteiger charge is 2.29. The van der Waals surface area contributed by atoms with E-state index < -0.39 is 22.5 Å². The molecule has 10 nitrogen and oxygen atoms in total. The molecule has 0 radical (unpaired) electrons. The van der Waals surface area contributed by atoms with E-state index in [1.807, 2.05) is 30.3 Å². The molecule has 0 saturated carbocycles. The zero-order valence-corrected chi connectivity index (χ0v) is 25.4. The number of hydrogen-bond acceptors (Lipinski definition) is 7. The van der Waals surface area contributed by atoms with E-state index in [9.17, 15) is 18.0 Å². The van der Waals surface area contributed by atoms with Gasteiger partial charge in [-0.15, -0.1) is 0 Å². The van der Waals surface area contributed by atoms with E-state index in [0.717, 1.165) is 9.87 Å². The molecular weight excluding hydrogens is 604 g/mol. The van der Waals surface area contributed by atoms with Crippen LogP contribution in [0.15, 0.2) is 113 Å². The van der Waals surface area contributed by atoms with Gasteiger partial charge in [-0.3, -0.25) is 13.9 Å². The van der Waals surface area contributed by atoms with Gasteiger partial charge in [-0.1, -0.05) is 54.1 Å². The average Bonchev–Trinajstić information content (AvgIpc) is 3.03. The molecule has 0 aromatic heterocycles. The highest BCUT2D eigenvalue weighted by atomic mass is 35.5. The number of halogens is 1. The quantitative estimate of drug-likeness (QED) is 0.152. The maximum Gasteiger partial charge on any atom is 0.264 e. The minimum absolute atomic E-state index is 0.0412. The van der Waals surface area contributed by atoms with Crippen LogP contribution < -0.4 is 24.5 Å². The lowest BCUT2D eigenvalue weighted by atomic mass is 10.2. The van der Waals surface area contributed by atoms with Crippen LogP contribution in [0.3, 0.4) is 0 Å². The van der Waals surface area contributed by atoms with Gasteiger partial charge >= 0.3 is 0 Å². The van der Waals surface area contributed by atoms with E-state index in [-0.39, 0.29) is 23.1 Å². The Morgan fingerprint density at radius 2 is 1.55 bits per heavy atom. The lowest BCUT2D eigenvalue weighted by Gasteiger charge is -2.25. The Morgan fingerprint density at radius 3 is 2.25 bits per heavy atom. The number of ether oxygens (including phenoxy) is 2. The number of hydrogen-bond donors (Lipinski definition) is 2. The van der Waals surface area contributed by atoms with Gasteiger partial charge in [0.25, 0.3) is 21.8 Å². The second-order valence-electron chi connectivity index (χ2n) is 9.28. The lowest BCUT2D eigenvalue weighted by molar-refractivity contribution is -0.123. The van der Waals surface area contributed by atoms with Gasteiger partial charge in [0.15, 0.2) is 6.61 Å². The molecule has 2 N–H and O–H groups in total. The summed E-state index contributed by atoms with van der Waals surface area (Å²) in [6.45, 7) is 1.78. The van der Waals surface area contributed by atoms with Crippen molar-refractivity contribution >= 4 is 45.3 Å². The first-order chi connectivity index (χ1) is 21.3. The number of carbonyl (C=O) groups is 2. The summed E-state index contributed by atoms with van der Waals surface area (Å²) in [5.41, 5.74) is 4.20. The number of hydrazone groups is 1. The van der Waals surface area contributed by atoms with Crippen molar-refractivity contribution in [3.63, 3.8) is 0 Å². The van der Waals surface area contributed by atoms with E-state index in [4.69, 9.17) is 21.1 Å². The fourth-order valence-electron chi connectivity index (χ4n) is 3.97. The topological polar surface area (TPSA) is 126 Å². The summed E-state index contributed by atoms with van der Waals surface area (Å²) in [5.74, 6) is -0.137. The second-order valence-corrected chi connectivity index (χ2v) is 11.6. The molecule has 0 aliphatic heterocycles. The van der Waals surface area contributed by atoms with Gasteiger partial charge in [-0.25, -0.2) is 13.8 Å². The summed E-state index contributed by atoms with van der Waals surface area (Å²) in [5, 5.41) is 7.14. The fourth-order valence-corrected chi connectivity index (χ4v) is 5.52. The maximum absolute atomic E-state index is 13.6. The van der Waals surface area contributed by atoms with E-state index in [2.05, 4.69) is 15.8 Å². The number of rotatable bonds is 14. The zero-order valence-electron chi connectivity index (χ0n) is 23.9. The minimum Gasteiger partial charge on any atom is -0.492 e. The number of anilines is 1. The number of nitrogens with zero attached hydrogens (tertiary/aromatic N) is 2. The van der Waals surface area contributed by atoms with Crippen molar-refractivity contribution in [3.8, 4) is 11.5 Å².